The summed E-state index contributed by atoms with van der Waals surface area (Å²) in [6.45, 7) is 9.58. The van der Waals surface area contributed by atoms with E-state index in [0.29, 0.717) is 6.04 Å². The van der Waals surface area contributed by atoms with Crippen LogP contribution < -0.4 is 5.32 Å². The molecule has 0 heterocycles. The molecule has 3 unspecified atom stereocenters. The SMILES string of the molecule is C=C(C)C(NCC)C1C2CCCCC21. The molecule has 0 aliphatic heterocycles. The molecule has 1 nitrogen and oxygen atoms in total. The van der Waals surface area contributed by atoms with E-state index in [9.17, 15) is 0 Å². The molecule has 0 radical (unpaired) electrons. The Bertz CT molecular complexity index is 209. The van der Waals surface area contributed by atoms with Gasteiger partial charge in [-0.15, -0.1) is 0 Å². The molecular formula is C13H23N. The molecule has 14 heavy (non-hydrogen) atoms. The van der Waals surface area contributed by atoms with Gasteiger partial charge in [0.25, 0.3) is 0 Å². The van der Waals surface area contributed by atoms with Crippen molar-refractivity contribution in [2.45, 2.75) is 45.6 Å². The highest BCUT2D eigenvalue weighted by atomic mass is 14.9. The Morgan fingerprint density at radius 1 is 1.36 bits per heavy atom. The number of hydrogen-bond acceptors (Lipinski definition) is 1. The van der Waals surface area contributed by atoms with Crippen LogP contribution in [0, 0.1) is 17.8 Å². The minimum atomic E-state index is 0.605. The summed E-state index contributed by atoms with van der Waals surface area (Å²) in [6.07, 6.45) is 5.88. The van der Waals surface area contributed by atoms with Crippen LogP contribution >= 0.6 is 0 Å². The molecule has 2 rings (SSSR count). The van der Waals surface area contributed by atoms with Crippen LogP contribution in [0.5, 0.6) is 0 Å². The molecule has 2 fully saturated rings. The second kappa shape index (κ2) is 4.06. The fourth-order valence-electron chi connectivity index (χ4n) is 3.40. The summed E-state index contributed by atoms with van der Waals surface area (Å²) in [5, 5.41) is 3.60. The van der Waals surface area contributed by atoms with Crippen LogP contribution in [-0.4, -0.2) is 12.6 Å². The Morgan fingerprint density at radius 2 is 1.93 bits per heavy atom. The fraction of sp³-hybridized carbons (Fsp3) is 0.846. The Balaban J connectivity index is 1.96. The number of nitrogens with one attached hydrogen (secondary N) is 1. The minimum Gasteiger partial charge on any atom is -0.310 e. The van der Waals surface area contributed by atoms with Gasteiger partial charge in [0.2, 0.25) is 0 Å². The van der Waals surface area contributed by atoms with Crippen molar-refractivity contribution in [2.75, 3.05) is 6.54 Å². The lowest BCUT2D eigenvalue weighted by atomic mass is 10.0. The summed E-state index contributed by atoms with van der Waals surface area (Å²) in [6, 6.07) is 0.605. The average molecular weight is 193 g/mol. The molecule has 0 saturated heterocycles. The molecule has 0 bridgehead atoms. The van der Waals surface area contributed by atoms with Crippen LogP contribution in [-0.2, 0) is 0 Å². The van der Waals surface area contributed by atoms with E-state index in [1.165, 1.54) is 31.3 Å². The zero-order chi connectivity index (χ0) is 10.1. The van der Waals surface area contributed by atoms with E-state index in [2.05, 4.69) is 25.7 Å². The first-order valence-corrected chi connectivity index (χ1v) is 6.14. The Hall–Kier alpha value is -0.300. The van der Waals surface area contributed by atoms with E-state index < -0.39 is 0 Å². The van der Waals surface area contributed by atoms with Gasteiger partial charge in [-0.3, -0.25) is 0 Å². The van der Waals surface area contributed by atoms with Crippen LogP contribution in [0.3, 0.4) is 0 Å². The topological polar surface area (TPSA) is 12.0 Å². The van der Waals surface area contributed by atoms with Crippen LogP contribution in [0.4, 0.5) is 0 Å². The number of rotatable bonds is 4. The van der Waals surface area contributed by atoms with Crippen molar-refractivity contribution in [3.8, 4) is 0 Å². The van der Waals surface area contributed by atoms with Gasteiger partial charge in [-0.25, -0.2) is 0 Å². The van der Waals surface area contributed by atoms with Gasteiger partial charge in [-0.05, 0) is 44.1 Å². The number of likely N-dealkylation sites (N-methyl/N-ethyl adjacent to an activating group) is 1. The molecule has 2 aliphatic rings. The van der Waals surface area contributed by atoms with Crippen molar-refractivity contribution in [3.05, 3.63) is 12.2 Å². The molecule has 0 aromatic carbocycles. The molecule has 0 amide bonds. The lowest BCUT2D eigenvalue weighted by molar-refractivity contribution is 0.480. The highest BCUT2D eigenvalue weighted by molar-refractivity contribution is 5.15. The largest absolute Gasteiger partial charge is 0.310 e. The third kappa shape index (κ3) is 1.75. The maximum Gasteiger partial charge on any atom is 0.0307 e. The molecule has 3 atom stereocenters. The summed E-state index contributed by atoms with van der Waals surface area (Å²) in [5.74, 6) is 2.99. The van der Waals surface area contributed by atoms with E-state index in [1.807, 2.05) is 0 Å². The maximum absolute atomic E-state index is 4.13. The first-order valence-electron chi connectivity index (χ1n) is 6.14. The van der Waals surface area contributed by atoms with Crippen molar-refractivity contribution in [1.82, 2.24) is 5.32 Å². The highest BCUT2D eigenvalue weighted by Gasteiger charge is 2.53. The molecule has 2 saturated carbocycles. The van der Waals surface area contributed by atoms with Gasteiger partial charge < -0.3 is 5.32 Å². The van der Waals surface area contributed by atoms with Gasteiger partial charge in [0, 0.05) is 6.04 Å². The molecule has 0 aromatic rings. The van der Waals surface area contributed by atoms with Crippen molar-refractivity contribution >= 4 is 0 Å². The van der Waals surface area contributed by atoms with E-state index in [1.54, 1.807) is 0 Å². The third-order valence-electron chi connectivity index (χ3n) is 4.06. The second-order valence-corrected chi connectivity index (χ2v) is 5.07. The smallest absolute Gasteiger partial charge is 0.0307 e. The first kappa shape index (κ1) is 10.2. The van der Waals surface area contributed by atoms with Gasteiger partial charge in [-0.2, -0.15) is 0 Å². The summed E-state index contributed by atoms with van der Waals surface area (Å²) in [5.41, 5.74) is 1.34. The van der Waals surface area contributed by atoms with E-state index in [0.717, 1.165) is 24.3 Å². The predicted molar refractivity (Wildman–Crippen MR) is 61.2 cm³/mol. The Kier molecular flexibility index (Phi) is 2.96. The van der Waals surface area contributed by atoms with Crippen LogP contribution in [0.1, 0.15) is 39.5 Å². The van der Waals surface area contributed by atoms with Crippen molar-refractivity contribution < 1.29 is 0 Å². The summed E-state index contributed by atoms with van der Waals surface area (Å²) < 4.78 is 0. The van der Waals surface area contributed by atoms with E-state index in [4.69, 9.17) is 0 Å². The first-order chi connectivity index (χ1) is 6.75. The lowest BCUT2D eigenvalue weighted by Crippen LogP contribution is -2.32. The summed E-state index contributed by atoms with van der Waals surface area (Å²) in [7, 11) is 0. The standard InChI is InChI=1S/C13H23N/c1-4-14-13(9(2)3)12-10-7-5-6-8-11(10)12/h10-14H,2,4-8H2,1,3H3. The normalized spacial score (nSPS) is 37.4. The molecule has 1 heteroatoms. The number of fused-ring (bicyclic) bond motifs is 1. The van der Waals surface area contributed by atoms with Crippen LogP contribution in [0.15, 0.2) is 12.2 Å². The summed E-state index contributed by atoms with van der Waals surface area (Å²) in [4.78, 5) is 0. The monoisotopic (exact) mass is 193 g/mol. The van der Waals surface area contributed by atoms with Gasteiger partial charge >= 0.3 is 0 Å². The summed E-state index contributed by atoms with van der Waals surface area (Å²) >= 11 is 0. The molecule has 2 aliphatic carbocycles. The van der Waals surface area contributed by atoms with E-state index in [-0.39, 0.29) is 0 Å². The molecular weight excluding hydrogens is 170 g/mol. The minimum absolute atomic E-state index is 0.605. The van der Waals surface area contributed by atoms with Gasteiger partial charge in [0.1, 0.15) is 0 Å². The van der Waals surface area contributed by atoms with Crippen molar-refractivity contribution in [1.29, 1.82) is 0 Å². The third-order valence-corrected chi connectivity index (χ3v) is 4.06. The Morgan fingerprint density at radius 3 is 2.36 bits per heavy atom. The molecule has 0 spiro atoms. The lowest BCUT2D eigenvalue weighted by Gasteiger charge is -2.18. The highest BCUT2D eigenvalue weighted by Crippen LogP contribution is 2.57. The van der Waals surface area contributed by atoms with Crippen molar-refractivity contribution in [3.63, 3.8) is 0 Å². The van der Waals surface area contributed by atoms with Crippen LogP contribution in [0.2, 0.25) is 0 Å². The number of hydrogen-bond donors (Lipinski definition) is 1. The average Bonchev–Trinajstić information content (AvgIpc) is 2.88. The zero-order valence-corrected chi connectivity index (χ0v) is 9.55. The quantitative estimate of drug-likeness (QED) is 0.677. The van der Waals surface area contributed by atoms with Gasteiger partial charge in [0.05, 0.1) is 0 Å². The maximum atomic E-state index is 4.13. The van der Waals surface area contributed by atoms with Crippen LogP contribution in [0.25, 0.3) is 0 Å². The van der Waals surface area contributed by atoms with E-state index >= 15 is 0 Å². The van der Waals surface area contributed by atoms with Crippen molar-refractivity contribution in [2.24, 2.45) is 17.8 Å². The second-order valence-electron chi connectivity index (χ2n) is 5.07. The van der Waals surface area contributed by atoms with Gasteiger partial charge in [-0.1, -0.05) is 31.9 Å². The molecule has 0 aromatic heterocycles. The zero-order valence-electron chi connectivity index (χ0n) is 9.55. The predicted octanol–water partition coefficient (Wildman–Crippen LogP) is 2.98. The molecule has 80 valence electrons. The Labute approximate surface area is 88.0 Å². The van der Waals surface area contributed by atoms with Gasteiger partial charge in [0.15, 0.2) is 0 Å². The molecule has 1 N–H and O–H groups in total. The fourth-order valence-corrected chi connectivity index (χ4v) is 3.40.